The molecular weight excluding hydrogens is 355 g/mol. The van der Waals surface area contributed by atoms with Gasteiger partial charge >= 0.3 is 6.18 Å². The Hall–Kier alpha value is -1.76. The van der Waals surface area contributed by atoms with Gasteiger partial charge in [-0.15, -0.1) is 0 Å². The Morgan fingerprint density at radius 3 is 2.41 bits per heavy atom. The van der Waals surface area contributed by atoms with E-state index < -0.39 is 11.7 Å². The van der Waals surface area contributed by atoms with Crippen molar-refractivity contribution in [2.24, 2.45) is 0 Å². The van der Waals surface area contributed by atoms with Crippen molar-refractivity contribution in [3.05, 3.63) is 29.8 Å². The lowest BCUT2D eigenvalue weighted by atomic mass is 9.94. The summed E-state index contributed by atoms with van der Waals surface area (Å²) in [5, 5.41) is 0. The Labute approximate surface area is 158 Å². The van der Waals surface area contributed by atoms with E-state index in [4.69, 9.17) is 0 Å². The molecule has 2 aliphatic rings. The van der Waals surface area contributed by atoms with Crippen molar-refractivity contribution in [3.8, 4) is 0 Å². The summed E-state index contributed by atoms with van der Waals surface area (Å²) in [6.07, 6.45) is 1.50. The van der Waals surface area contributed by atoms with Gasteiger partial charge < -0.3 is 9.80 Å². The predicted octanol–water partition coefficient (Wildman–Crippen LogP) is 3.62. The van der Waals surface area contributed by atoms with Gasteiger partial charge in [-0.25, -0.2) is 0 Å². The highest BCUT2D eigenvalue weighted by Gasteiger charge is 2.31. The van der Waals surface area contributed by atoms with Crippen LogP contribution in [0.5, 0.6) is 0 Å². The van der Waals surface area contributed by atoms with Crippen LogP contribution in [0, 0.1) is 0 Å². The molecule has 0 spiro atoms. The van der Waals surface area contributed by atoms with Crippen molar-refractivity contribution >= 4 is 11.6 Å². The molecule has 1 aliphatic carbocycles. The first-order valence-electron chi connectivity index (χ1n) is 9.75. The first-order valence-corrected chi connectivity index (χ1v) is 9.75. The van der Waals surface area contributed by atoms with Crippen LogP contribution in [0.15, 0.2) is 24.3 Å². The van der Waals surface area contributed by atoms with Crippen LogP contribution < -0.4 is 4.90 Å². The van der Waals surface area contributed by atoms with E-state index in [-0.39, 0.29) is 5.91 Å². The zero-order valence-electron chi connectivity index (χ0n) is 15.8. The molecule has 4 nitrogen and oxygen atoms in total. The molecule has 0 bridgehead atoms. The van der Waals surface area contributed by atoms with Gasteiger partial charge in [-0.1, -0.05) is 25.3 Å². The lowest BCUT2D eigenvalue weighted by Crippen LogP contribution is -2.51. The third kappa shape index (κ3) is 5.15. The van der Waals surface area contributed by atoms with Crippen molar-refractivity contribution in [2.75, 3.05) is 44.7 Å². The Morgan fingerprint density at radius 2 is 1.78 bits per heavy atom. The summed E-state index contributed by atoms with van der Waals surface area (Å²) in [6, 6.07) is 5.83. The number of anilines is 1. The van der Waals surface area contributed by atoms with E-state index in [1.807, 2.05) is 16.8 Å². The van der Waals surface area contributed by atoms with Crippen molar-refractivity contribution < 1.29 is 18.0 Å². The first kappa shape index (κ1) is 20.0. The maximum Gasteiger partial charge on any atom is 0.416 e. The molecule has 27 heavy (non-hydrogen) atoms. The molecule has 3 rings (SSSR count). The van der Waals surface area contributed by atoms with Gasteiger partial charge in [0.15, 0.2) is 0 Å². The minimum absolute atomic E-state index is 0.148. The highest BCUT2D eigenvalue weighted by molar-refractivity contribution is 5.78. The summed E-state index contributed by atoms with van der Waals surface area (Å²) in [5.74, 6) is 0.148. The van der Waals surface area contributed by atoms with E-state index in [1.54, 1.807) is 6.07 Å². The summed E-state index contributed by atoms with van der Waals surface area (Å²) < 4.78 is 38.7. The molecule has 0 radical (unpaired) electrons. The zero-order valence-corrected chi connectivity index (χ0v) is 15.8. The van der Waals surface area contributed by atoms with E-state index in [1.165, 1.54) is 31.4 Å². The molecule has 1 heterocycles. The third-order valence-electron chi connectivity index (χ3n) is 5.79. The summed E-state index contributed by atoms with van der Waals surface area (Å²) >= 11 is 0. The number of rotatable bonds is 4. The van der Waals surface area contributed by atoms with Crippen LogP contribution in [0.4, 0.5) is 18.9 Å². The van der Waals surface area contributed by atoms with Gasteiger partial charge in [0, 0.05) is 45.0 Å². The number of halogens is 3. The zero-order chi connectivity index (χ0) is 19.4. The summed E-state index contributed by atoms with van der Waals surface area (Å²) in [4.78, 5) is 18.5. The number of hydrogen-bond acceptors (Lipinski definition) is 3. The Kier molecular flexibility index (Phi) is 6.29. The molecule has 1 saturated heterocycles. The monoisotopic (exact) mass is 383 g/mol. The van der Waals surface area contributed by atoms with Gasteiger partial charge in [0.25, 0.3) is 0 Å². The topological polar surface area (TPSA) is 26.8 Å². The van der Waals surface area contributed by atoms with Crippen LogP contribution in [-0.4, -0.2) is 61.5 Å². The van der Waals surface area contributed by atoms with Gasteiger partial charge in [-0.2, -0.15) is 13.2 Å². The van der Waals surface area contributed by atoms with Crippen molar-refractivity contribution in [3.63, 3.8) is 0 Å². The normalized spacial score (nSPS) is 19.9. The van der Waals surface area contributed by atoms with E-state index in [2.05, 4.69) is 4.90 Å². The molecule has 1 amide bonds. The number of likely N-dealkylation sites (N-methyl/N-ethyl adjacent to an activating group) is 1. The fourth-order valence-electron chi connectivity index (χ4n) is 4.02. The van der Waals surface area contributed by atoms with Gasteiger partial charge in [0.05, 0.1) is 12.1 Å². The largest absolute Gasteiger partial charge is 0.416 e. The molecule has 0 aromatic heterocycles. The fourth-order valence-corrected chi connectivity index (χ4v) is 4.02. The molecule has 7 heteroatoms. The van der Waals surface area contributed by atoms with E-state index in [9.17, 15) is 18.0 Å². The quantitative estimate of drug-likeness (QED) is 0.795. The number of alkyl halides is 3. The second-order valence-electron chi connectivity index (χ2n) is 7.61. The summed E-state index contributed by atoms with van der Waals surface area (Å²) in [6.45, 7) is 3.01. The summed E-state index contributed by atoms with van der Waals surface area (Å²) in [7, 11) is 1.90. The Balaban J connectivity index is 1.51. The maximum absolute atomic E-state index is 12.9. The fraction of sp³-hybridized carbons (Fsp3) is 0.650. The van der Waals surface area contributed by atoms with Crippen LogP contribution in [-0.2, 0) is 11.0 Å². The second kappa shape index (κ2) is 8.50. The van der Waals surface area contributed by atoms with Crippen LogP contribution in [0.3, 0.4) is 0 Å². The summed E-state index contributed by atoms with van der Waals surface area (Å²) in [5.41, 5.74) is -0.0261. The lowest BCUT2D eigenvalue weighted by Gasteiger charge is -2.38. The third-order valence-corrected chi connectivity index (χ3v) is 5.79. The molecule has 0 unspecified atom stereocenters. The van der Waals surface area contributed by atoms with Crippen LogP contribution in [0.2, 0.25) is 0 Å². The maximum atomic E-state index is 12.9. The number of benzene rings is 1. The van der Waals surface area contributed by atoms with E-state index in [0.29, 0.717) is 44.5 Å². The highest BCUT2D eigenvalue weighted by atomic mass is 19.4. The average molecular weight is 383 g/mol. The van der Waals surface area contributed by atoms with Crippen LogP contribution in [0.25, 0.3) is 0 Å². The van der Waals surface area contributed by atoms with Crippen molar-refractivity contribution in [1.82, 2.24) is 9.80 Å². The van der Waals surface area contributed by atoms with Gasteiger partial charge in [0.2, 0.25) is 5.91 Å². The van der Waals surface area contributed by atoms with E-state index in [0.717, 1.165) is 18.9 Å². The molecule has 1 aliphatic heterocycles. The number of nitrogens with zero attached hydrogens (tertiary/aromatic N) is 3. The molecule has 150 valence electrons. The number of carbonyl (C=O) groups excluding carboxylic acids is 1. The molecule has 1 aromatic rings. The molecular formula is C20H28F3N3O. The van der Waals surface area contributed by atoms with Crippen molar-refractivity contribution in [1.29, 1.82) is 0 Å². The molecule has 1 aromatic carbocycles. The van der Waals surface area contributed by atoms with E-state index >= 15 is 0 Å². The first-order chi connectivity index (χ1) is 12.8. The molecule has 1 saturated carbocycles. The second-order valence-corrected chi connectivity index (χ2v) is 7.61. The van der Waals surface area contributed by atoms with Crippen LogP contribution >= 0.6 is 0 Å². The Bertz CT molecular complexity index is 636. The number of amides is 1. The number of piperazine rings is 1. The average Bonchev–Trinajstić information content (AvgIpc) is 2.68. The number of carbonyl (C=O) groups is 1. The number of hydrogen-bond donors (Lipinski definition) is 0. The molecule has 0 N–H and O–H groups in total. The smallest absolute Gasteiger partial charge is 0.369 e. The molecule has 0 atom stereocenters. The minimum Gasteiger partial charge on any atom is -0.369 e. The standard InChI is InChI=1S/C20H28F3N3O/c1-24(17-7-3-2-4-8-17)19(27)15-25-10-12-26(13-11-25)18-9-5-6-16(14-18)20(21,22)23/h5-6,9,14,17H,2-4,7-8,10-13,15H2,1H3. The SMILES string of the molecule is CN(C(=O)CN1CCN(c2cccc(C(F)(F)F)c2)CC1)C1CCCCC1. The predicted molar refractivity (Wildman–Crippen MR) is 99.7 cm³/mol. The van der Waals surface area contributed by atoms with Crippen LogP contribution in [0.1, 0.15) is 37.7 Å². The van der Waals surface area contributed by atoms with Gasteiger partial charge in [-0.3, -0.25) is 9.69 Å². The molecule has 2 fully saturated rings. The highest BCUT2D eigenvalue weighted by Crippen LogP contribution is 2.32. The minimum atomic E-state index is -4.33. The Morgan fingerprint density at radius 1 is 1.11 bits per heavy atom. The van der Waals surface area contributed by atoms with Gasteiger partial charge in [0.1, 0.15) is 0 Å². The lowest BCUT2D eigenvalue weighted by molar-refractivity contribution is -0.137. The van der Waals surface area contributed by atoms with Crippen molar-refractivity contribution in [2.45, 2.75) is 44.3 Å². The van der Waals surface area contributed by atoms with Gasteiger partial charge in [-0.05, 0) is 31.0 Å².